The summed E-state index contributed by atoms with van der Waals surface area (Å²) in [6.07, 6.45) is 2.49. The third kappa shape index (κ3) is 2.46. The smallest absolute Gasteiger partial charge is 0.182 e. The molecule has 112 valence electrons. The summed E-state index contributed by atoms with van der Waals surface area (Å²) in [4.78, 5) is 0. The molecule has 0 radical (unpaired) electrons. The highest BCUT2D eigenvalue weighted by Crippen LogP contribution is 2.53. The molecule has 0 saturated heterocycles. The van der Waals surface area contributed by atoms with Crippen LogP contribution in [0, 0.1) is 11.3 Å². The SMILES string of the molecule is COc1ccc(-c2nnnn2CC2(C(C)C)CC2)cc1N. The normalized spacial score (nSPS) is 16.2. The second-order valence-electron chi connectivity index (χ2n) is 6.13. The molecule has 1 aliphatic rings. The Bertz CT molecular complexity index is 645. The van der Waals surface area contributed by atoms with Gasteiger partial charge in [0.15, 0.2) is 5.82 Å². The van der Waals surface area contributed by atoms with E-state index in [4.69, 9.17) is 10.5 Å². The second-order valence-corrected chi connectivity index (χ2v) is 6.13. The number of hydrogen-bond acceptors (Lipinski definition) is 5. The van der Waals surface area contributed by atoms with Gasteiger partial charge in [-0.15, -0.1) is 5.10 Å². The van der Waals surface area contributed by atoms with Crippen LogP contribution in [-0.2, 0) is 6.54 Å². The molecule has 3 rings (SSSR count). The van der Waals surface area contributed by atoms with Crippen LogP contribution in [0.2, 0.25) is 0 Å². The van der Waals surface area contributed by atoms with E-state index in [1.165, 1.54) is 12.8 Å². The predicted octanol–water partition coefficient (Wildman–Crippen LogP) is 2.37. The summed E-state index contributed by atoms with van der Waals surface area (Å²) >= 11 is 0. The van der Waals surface area contributed by atoms with Crippen LogP contribution in [0.3, 0.4) is 0 Å². The Morgan fingerprint density at radius 1 is 1.38 bits per heavy atom. The van der Waals surface area contributed by atoms with Crippen LogP contribution in [0.4, 0.5) is 5.69 Å². The summed E-state index contributed by atoms with van der Waals surface area (Å²) in [5.74, 6) is 2.06. The van der Waals surface area contributed by atoms with Crippen molar-refractivity contribution in [2.24, 2.45) is 11.3 Å². The summed E-state index contributed by atoms with van der Waals surface area (Å²) in [6.45, 7) is 5.39. The van der Waals surface area contributed by atoms with E-state index in [9.17, 15) is 0 Å². The van der Waals surface area contributed by atoms with E-state index in [-0.39, 0.29) is 0 Å². The number of ether oxygens (including phenoxy) is 1. The topological polar surface area (TPSA) is 78.9 Å². The van der Waals surface area contributed by atoms with Crippen molar-refractivity contribution in [3.8, 4) is 17.1 Å². The van der Waals surface area contributed by atoms with Crippen LogP contribution in [0.15, 0.2) is 18.2 Å². The first kappa shape index (κ1) is 13.9. The molecule has 0 amide bonds. The number of nitrogen functional groups attached to an aromatic ring is 1. The Kier molecular flexibility index (Phi) is 3.31. The van der Waals surface area contributed by atoms with Crippen LogP contribution in [-0.4, -0.2) is 27.3 Å². The van der Waals surface area contributed by atoms with E-state index >= 15 is 0 Å². The Labute approximate surface area is 124 Å². The second kappa shape index (κ2) is 5.02. The summed E-state index contributed by atoms with van der Waals surface area (Å²) in [6, 6.07) is 5.64. The van der Waals surface area contributed by atoms with Gasteiger partial charge in [0, 0.05) is 5.56 Å². The minimum atomic E-state index is 0.349. The minimum Gasteiger partial charge on any atom is -0.495 e. The average Bonchev–Trinajstić information content (AvgIpc) is 3.10. The lowest BCUT2D eigenvalue weighted by molar-refractivity contribution is 0.294. The zero-order valence-corrected chi connectivity index (χ0v) is 12.7. The van der Waals surface area contributed by atoms with Crippen molar-refractivity contribution in [1.29, 1.82) is 0 Å². The highest BCUT2D eigenvalue weighted by molar-refractivity contribution is 5.66. The first-order chi connectivity index (χ1) is 10.1. The van der Waals surface area contributed by atoms with Gasteiger partial charge >= 0.3 is 0 Å². The number of anilines is 1. The molecule has 0 atom stereocenters. The molecule has 21 heavy (non-hydrogen) atoms. The van der Waals surface area contributed by atoms with E-state index in [0.29, 0.717) is 22.8 Å². The van der Waals surface area contributed by atoms with Crippen LogP contribution in [0.1, 0.15) is 26.7 Å². The maximum atomic E-state index is 5.97. The molecule has 1 aliphatic carbocycles. The molecule has 2 aromatic rings. The van der Waals surface area contributed by atoms with E-state index in [1.54, 1.807) is 7.11 Å². The Morgan fingerprint density at radius 2 is 2.14 bits per heavy atom. The molecule has 1 aromatic heterocycles. The Hall–Kier alpha value is -2.11. The van der Waals surface area contributed by atoms with E-state index in [0.717, 1.165) is 17.9 Å². The summed E-state index contributed by atoms with van der Waals surface area (Å²) in [5, 5.41) is 12.1. The monoisotopic (exact) mass is 287 g/mol. The molecule has 1 heterocycles. The zero-order chi connectivity index (χ0) is 15.0. The largest absolute Gasteiger partial charge is 0.495 e. The van der Waals surface area contributed by atoms with Crippen molar-refractivity contribution in [3.63, 3.8) is 0 Å². The number of benzene rings is 1. The number of methoxy groups -OCH3 is 1. The van der Waals surface area contributed by atoms with Crippen molar-refractivity contribution in [1.82, 2.24) is 20.2 Å². The molecular weight excluding hydrogens is 266 g/mol. The molecule has 0 unspecified atom stereocenters. The van der Waals surface area contributed by atoms with Gasteiger partial charge in [0.05, 0.1) is 19.3 Å². The molecule has 1 fully saturated rings. The molecule has 0 bridgehead atoms. The van der Waals surface area contributed by atoms with E-state index in [1.807, 2.05) is 22.9 Å². The lowest BCUT2D eigenvalue weighted by atomic mass is 9.92. The number of nitrogens with zero attached hydrogens (tertiary/aromatic N) is 4. The summed E-state index contributed by atoms with van der Waals surface area (Å²) in [5.41, 5.74) is 7.83. The third-order valence-corrected chi connectivity index (χ3v) is 4.60. The highest BCUT2D eigenvalue weighted by atomic mass is 16.5. The maximum Gasteiger partial charge on any atom is 0.182 e. The van der Waals surface area contributed by atoms with Gasteiger partial charge < -0.3 is 10.5 Å². The van der Waals surface area contributed by atoms with Crippen LogP contribution >= 0.6 is 0 Å². The van der Waals surface area contributed by atoms with Crippen molar-refractivity contribution >= 4 is 5.69 Å². The van der Waals surface area contributed by atoms with Crippen LogP contribution in [0.5, 0.6) is 5.75 Å². The quantitative estimate of drug-likeness (QED) is 0.854. The molecule has 6 heteroatoms. The van der Waals surface area contributed by atoms with Crippen molar-refractivity contribution in [2.45, 2.75) is 33.2 Å². The standard InChI is InChI=1S/C15H21N5O/c1-10(2)15(6-7-15)9-20-14(17-18-19-20)11-4-5-13(21-3)12(16)8-11/h4-5,8,10H,6-7,9,16H2,1-3H3. The molecule has 2 N–H and O–H groups in total. The molecule has 0 spiro atoms. The lowest BCUT2D eigenvalue weighted by Gasteiger charge is -2.19. The fourth-order valence-electron chi connectivity index (χ4n) is 2.77. The molecule has 0 aliphatic heterocycles. The Morgan fingerprint density at radius 3 is 2.71 bits per heavy atom. The first-order valence-corrected chi connectivity index (χ1v) is 7.26. The van der Waals surface area contributed by atoms with Crippen molar-refractivity contribution in [2.75, 3.05) is 12.8 Å². The molecule has 1 saturated carbocycles. The molecule has 1 aromatic carbocycles. The van der Waals surface area contributed by atoms with Gasteiger partial charge in [-0.1, -0.05) is 13.8 Å². The van der Waals surface area contributed by atoms with E-state index < -0.39 is 0 Å². The van der Waals surface area contributed by atoms with Crippen LogP contribution in [0.25, 0.3) is 11.4 Å². The highest BCUT2D eigenvalue weighted by Gasteiger charge is 2.46. The van der Waals surface area contributed by atoms with Crippen molar-refractivity contribution < 1.29 is 4.74 Å². The number of rotatable bonds is 5. The third-order valence-electron chi connectivity index (χ3n) is 4.60. The van der Waals surface area contributed by atoms with Gasteiger partial charge in [0.2, 0.25) is 0 Å². The van der Waals surface area contributed by atoms with Crippen molar-refractivity contribution in [3.05, 3.63) is 18.2 Å². The number of hydrogen-bond donors (Lipinski definition) is 1. The summed E-state index contributed by atoms with van der Waals surface area (Å²) < 4.78 is 7.08. The number of tetrazole rings is 1. The van der Waals surface area contributed by atoms with Gasteiger partial charge in [-0.05, 0) is 52.8 Å². The zero-order valence-electron chi connectivity index (χ0n) is 12.7. The molecule has 6 nitrogen and oxygen atoms in total. The maximum absolute atomic E-state index is 5.97. The average molecular weight is 287 g/mol. The Balaban J connectivity index is 1.90. The fraction of sp³-hybridized carbons (Fsp3) is 0.533. The van der Waals surface area contributed by atoms with Gasteiger partial charge in [0.1, 0.15) is 5.75 Å². The predicted molar refractivity (Wildman–Crippen MR) is 80.7 cm³/mol. The first-order valence-electron chi connectivity index (χ1n) is 7.26. The van der Waals surface area contributed by atoms with E-state index in [2.05, 4.69) is 29.4 Å². The summed E-state index contributed by atoms with van der Waals surface area (Å²) in [7, 11) is 1.61. The minimum absolute atomic E-state index is 0.349. The fourth-order valence-corrected chi connectivity index (χ4v) is 2.77. The van der Waals surface area contributed by atoms with Gasteiger partial charge in [-0.2, -0.15) is 0 Å². The van der Waals surface area contributed by atoms with Crippen LogP contribution < -0.4 is 10.5 Å². The molecular formula is C15H21N5O. The number of aromatic nitrogens is 4. The lowest BCUT2D eigenvalue weighted by Crippen LogP contribution is -2.19. The van der Waals surface area contributed by atoms with Gasteiger partial charge in [-0.25, -0.2) is 4.68 Å². The van der Waals surface area contributed by atoms with Gasteiger partial charge in [-0.3, -0.25) is 0 Å². The number of nitrogens with two attached hydrogens (primary N) is 1. The van der Waals surface area contributed by atoms with Gasteiger partial charge in [0.25, 0.3) is 0 Å².